The minimum atomic E-state index is -1.62. The number of aliphatic carboxylic acids is 1. The van der Waals surface area contributed by atoms with E-state index in [0.29, 0.717) is 24.1 Å². The summed E-state index contributed by atoms with van der Waals surface area (Å²) in [4.78, 5) is 74.0. The van der Waals surface area contributed by atoms with E-state index in [-0.39, 0.29) is 75.8 Å². The van der Waals surface area contributed by atoms with Crippen LogP contribution in [0.2, 0.25) is 0 Å². The summed E-state index contributed by atoms with van der Waals surface area (Å²) in [7, 11) is 1.28. The summed E-state index contributed by atoms with van der Waals surface area (Å²) in [6.07, 6.45) is -0.921. The summed E-state index contributed by atoms with van der Waals surface area (Å²) in [5.41, 5.74) is 19.5. The summed E-state index contributed by atoms with van der Waals surface area (Å²) in [5, 5.41) is 39.9. The third-order valence-corrected chi connectivity index (χ3v) is 11.1. The average Bonchev–Trinajstić information content (AvgIpc) is 3.25. The number of benzene rings is 3. The first-order valence-electron chi connectivity index (χ1n) is 21.4. The number of carboxylic acids is 1. The molecule has 0 saturated carbocycles. The van der Waals surface area contributed by atoms with Gasteiger partial charge in [-0.3, -0.25) is 19.2 Å². The predicted octanol–water partition coefficient (Wildman–Crippen LogP) is 2.82. The zero-order valence-electron chi connectivity index (χ0n) is 38.0. The lowest BCUT2D eigenvalue weighted by Gasteiger charge is -2.32. The Morgan fingerprint density at radius 1 is 0.985 bits per heavy atom. The van der Waals surface area contributed by atoms with E-state index in [1.807, 2.05) is 20.8 Å². The van der Waals surface area contributed by atoms with Crippen molar-refractivity contribution in [2.75, 3.05) is 39.1 Å². The standard InChI is InChI=1S/C47H59FN8O10/c1-23-15-34(30-11-10-28(20-33(30)48)47(4,5)6)54-41(51)38(23)43(60)53-25(3)45(62)56(7)39-27-18-32(40(58)37(19-27)66-22-29(57)21-50)31-16-26(9-12-36(31)65-14-8-13-49)17-35(46(63)64)55-42(59)24(2)52-44(39)61/h9-12,15-16,18-20,24-25,29,35,39,57-58H,8,13-14,17,21-22,49-50H2,1-7H3,(H2,51,54)(H,52,61)(H,53,60)(H,55,59)(H,63,64)/t24-,25-,29+,35-,39-/m0/s1. The Morgan fingerprint density at radius 3 is 2.32 bits per heavy atom. The van der Waals surface area contributed by atoms with Gasteiger partial charge in [-0.25, -0.2) is 14.2 Å². The van der Waals surface area contributed by atoms with Crippen LogP contribution in [-0.2, 0) is 31.0 Å². The number of amides is 4. The number of phenols is 1. The van der Waals surface area contributed by atoms with Crippen molar-refractivity contribution in [3.05, 3.63) is 88.2 Å². The second-order valence-corrected chi connectivity index (χ2v) is 17.3. The number of aromatic hydroxyl groups is 1. The number of anilines is 1. The van der Waals surface area contributed by atoms with Crippen molar-refractivity contribution in [3.8, 4) is 39.6 Å². The van der Waals surface area contributed by atoms with Crippen molar-refractivity contribution in [3.63, 3.8) is 0 Å². The van der Waals surface area contributed by atoms with E-state index in [4.69, 9.17) is 26.7 Å². The lowest BCUT2D eigenvalue weighted by Crippen LogP contribution is -2.54. The van der Waals surface area contributed by atoms with Gasteiger partial charge in [0.25, 0.3) is 5.91 Å². The van der Waals surface area contributed by atoms with E-state index < -0.39 is 78.0 Å². The largest absolute Gasteiger partial charge is 0.504 e. The Morgan fingerprint density at radius 2 is 1.70 bits per heavy atom. The summed E-state index contributed by atoms with van der Waals surface area (Å²) in [6, 6.07) is 7.98. The van der Waals surface area contributed by atoms with Crippen LogP contribution in [0, 0.1) is 12.7 Å². The van der Waals surface area contributed by atoms with Crippen LogP contribution in [0.5, 0.6) is 17.2 Å². The van der Waals surface area contributed by atoms with Crippen LogP contribution < -0.4 is 42.6 Å². The van der Waals surface area contributed by atoms with Gasteiger partial charge in [0.05, 0.1) is 17.9 Å². The van der Waals surface area contributed by atoms with Gasteiger partial charge in [0.2, 0.25) is 17.7 Å². The molecule has 1 aromatic heterocycles. The molecule has 0 aliphatic carbocycles. The van der Waals surface area contributed by atoms with Gasteiger partial charge in [0.1, 0.15) is 54.3 Å². The highest BCUT2D eigenvalue weighted by Gasteiger charge is 2.36. The van der Waals surface area contributed by atoms with E-state index in [0.717, 1.165) is 10.5 Å². The number of carbonyl (C=O) groups excluding carboxylic acids is 4. The maximum absolute atomic E-state index is 15.4. The number of hydrogen-bond donors (Lipinski definition) is 9. The quantitative estimate of drug-likeness (QED) is 0.0823. The maximum atomic E-state index is 15.4. The minimum absolute atomic E-state index is 0.0299. The second kappa shape index (κ2) is 21.0. The monoisotopic (exact) mass is 914 g/mol. The van der Waals surface area contributed by atoms with Crippen molar-refractivity contribution < 1.29 is 53.2 Å². The molecule has 0 spiro atoms. The number of nitrogen functional groups attached to an aromatic ring is 1. The third kappa shape index (κ3) is 11.5. The first kappa shape index (κ1) is 50.2. The van der Waals surface area contributed by atoms with Gasteiger partial charge in [-0.1, -0.05) is 32.9 Å². The molecule has 19 heteroatoms. The molecule has 4 bridgehead atoms. The number of fused-ring (bicyclic) bond motifs is 5. The number of phenolic OH excluding ortho intramolecular Hbond substituents is 1. The Labute approximate surface area is 382 Å². The molecule has 66 heavy (non-hydrogen) atoms. The SMILES string of the molecule is Cc1cc(-c2ccc(C(C)(C)C)cc2F)nc(N)c1C(=O)N[C@@H](C)C(=O)N(C)[C@@H]1C(=O)N[C@@H](C)C(=O)N[C@H](C(=O)O)Cc2ccc(OCCCN)c(c2)-c2cc1cc(OC[C@H](O)CN)c2O. The zero-order valence-corrected chi connectivity index (χ0v) is 38.0. The Bertz CT molecular complexity index is 2470. The highest BCUT2D eigenvalue weighted by Crippen LogP contribution is 2.45. The molecule has 0 unspecified atom stereocenters. The third-order valence-electron chi connectivity index (χ3n) is 11.1. The number of aryl methyl sites for hydroxylation is 1. The molecule has 0 fully saturated rings. The number of pyridine rings is 1. The number of nitrogens with two attached hydrogens (primary N) is 3. The van der Waals surface area contributed by atoms with Crippen molar-refractivity contribution in [2.45, 2.75) is 90.1 Å². The Kier molecular flexibility index (Phi) is 16.0. The van der Waals surface area contributed by atoms with Gasteiger partial charge in [-0.15, -0.1) is 0 Å². The number of ether oxygens (including phenoxy) is 2. The number of carboxylic acid groups (broad SMARTS) is 1. The Hall–Kier alpha value is -6.83. The van der Waals surface area contributed by atoms with E-state index in [9.17, 15) is 39.3 Å². The van der Waals surface area contributed by atoms with Crippen molar-refractivity contribution in [2.24, 2.45) is 11.5 Å². The smallest absolute Gasteiger partial charge is 0.326 e. The number of aliphatic hydroxyl groups is 1. The molecule has 5 rings (SSSR count). The molecule has 1 aliphatic rings. The number of rotatable bonds is 14. The van der Waals surface area contributed by atoms with E-state index >= 15 is 4.39 Å². The van der Waals surface area contributed by atoms with Crippen molar-refractivity contribution >= 4 is 35.4 Å². The topological polar surface area (TPSA) is 295 Å². The van der Waals surface area contributed by atoms with Crippen LogP contribution in [0.1, 0.15) is 79.7 Å². The molecule has 354 valence electrons. The maximum Gasteiger partial charge on any atom is 0.326 e. The summed E-state index contributed by atoms with van der Waals surface area (Å²) < 4.78 is 27.3. The summed E-state index contributed by atoms with van der Waals surface area (Å²) in [5.74, 6) is -5.93. The van der Waals surface area contributed by atoms with Gasteiger partial charge in [0, 0.05) is 36.7 Å². The molecular weight excluding hydrogens is 856 g/mol. The van der Waals surface area contributed by atoms with Crippen LogP contribution in [0.4, 0.5) is 10.2 Å². The zero-order chi connectivity index (χ0) is 48.8. The van der Waals surface area contributed by atoms with Gasteiger partial charge in [-0.2, -0.15) is 0 Å². The van der Waals surface area contributed by atoms with Crippen LogP contribution in [-0.4, -0.2) is 112 Å². The lowest BCUT2D eigenvalue weighted by atomic mass is 9.86. The average molecular weight is 915 g/mol. The molecule has 0 radical (unpaired) electrons. The number of aliphatic hydroxyl groups excluding tert-OH is 1. The Balaban J connectivity index is 1.58. The van der Waals surface area contributed by atoms with E-state index in [1.54, 1.807) is 37.3 Å². The van der Waals surface area contributed by atoms with E-state index in [2.05, 4.69) is 20.9 Å². The molecular formula is C47H59FN8O10. The minimum Gasteiger partial charge on any atom is -0.504 e. The molecule has 18 nitrogen and oxygen atoms in total. The molecule has 4 amide bonds. The number of carbonyl (C=O) groups is 5. The van der Waals surface area contributed by atoms with Gasteiger partial charge in [-0.05, 0) is 104 Å². The number of nitrogens with one attached hydrogen (secondary N) is 3. The highest BCUT2D eigenvalue weighted by molar-refractivity contribution is 6.03. The van der Waals surface area contributed by atoms with Crippen molar-refractivity contribution in [1.29, 1.82) is 0 Å². The first-order valence-corrected chi connectivity index (χ1v) is 21.4. The molecule has 5 atom stereocenters. The molecule has 4 aromatic rings. The fraction of sp³-hybridized carbons (Fsp3) is 0.404. The molecule has 0 saturated heterocycles. The van der Waals surface area contributed by atoms with E-state index in [1.165, 1.54) is 45.2 Å². The molecule has 2 heterocycles. The lowest BCUT2D eigenvalue weighted by molar-refractivity contribution is -0.143. The summed E-state index contributed by atoms with van der Waals surface area (Å²) >= 11 is 0. The van der Waals surface area contributed by atoms with Gasteiger partial charge < -0.3 is 62.8 Å². The second-order valence-electron chi connectivity index (χ2n) is 17.3. The highest BCUT2D eigenvalue weighted by atomic mass is 19.1. The van der Waals surface area contributed by atoms with Crippen LogP contribution in [0.15, 0.2) is 54.6 Å². The van der Waals surface area contributed by atoms with Crippen LogP contribution in [0.3, 0.4) is 0 Å². The number of aromatic nitrogens is 1. The van der Waals surface area contributed by atoms with Crippen LogP contribution >= 0.6 is 0 Å². The fourth-order valence-corrected chi connectivity index (χ4v) is 7.39. The van der Waals surface area contributed by atoms with Crippen LogP contribution in [0.25, 0.3) is 22.4 Å². The number of hydrogen-bond acceptors (Lipinski definition) is 13. The number of likely N-dealkylation sites (N-methyl/N-ethyl adjacent to an activating group) is 1. The van der Waals surface area contributed by atoms with Gasteiger partial charge in [0.15, 0.2) is 11.5 Å². The first-order chi connectivity index (χ1) is 31.1. The van der Waals surface area contributed by atoms with Gasteiger partial charge >= 0.3 is 5.97 Å². The summed E-state index contributed by atoms with van der Waals surface area (Å²) in [6.45, 7) is 10.0. The molecule has 3 aromatic carbocycles. The normalized spacial score (nSPS) is 17.3. The molecule has 1 aliphatic heterocycles. The fourth-order valence-electron chi connectivity index (χ4n) is 7.39. The molecule has 12 N–H and O–H groups in total. The number of halogens is 1. The number of nitrogens with zero attached hydrogens (tertiary/aromatic N) is 2. The van der Waals surface area contributed by atoms with Crippen molar-refractivity contribution in [1.82, 2.24) is 25.8 Å². The predicted molar refractivity (Wildman–Crippen MR) is 244 cm³/mol.